The molecule has 4 rings (SSSR count). The maximum atomic E-state index is 12.8. The zero-order chi connectivity index (χ0) is 25.8. The van der Waals surface area contributed by atoms with Crippen LogP contribution in [-0.2, 0) is 20.7 Å². The summed E-state index contributed by atoms with van der Waals surface area (Å²) in [5.41, 5.74) is 3.37. The quantitative estimate of drug-likeness (QED) is 0.294. The van der Waals surface area contributed by atoms with Gasteiger partial charge in [0.2, 0.25) is 5.91 Å². The van der Waals surface area contributed by atoms with Crippen LogP contribution >= 0.6 is 0 Å². The molecule has 4 amide bonds. The molecule has 0 saturated carbocycles. The van der Waals surface area contributed by atoms with Gasteiger partial charge in [0.1, 0.15) is 23.8 Å². The van der Waals surface area contributed by atoms with Gasteiger partial charge in [0, 0.05) is 17.3 Å². The topological polar surface area (TPSA) is 118 Å². The third-order valence-corrected chi connectivity index (χ3v) is 5.85. The summed E-state index contributed by atoms with van der Waals surface area (Å²) in [6, 6.07) is 15.2. The van der Waals surface area contributed by atoms with Crippen LogP contribution in [0.25, 0.3) is 17.4 Å². The molecule has 0 radical (unpaired) electrons. The lowest BCUT2D eigenvalue weighted by atomic mass is 10.0. The average molecular weight is 488 g/mol. The summed E-state index contributed by atoms with van der Waals surface area (Å²) in [4.78, 5) is 50.6. The van der Waals surface area contributed by atoms with E-state index in [0.29, 0.717) is 33.9 Å². The van der Waals surface area contributed by atoms with Crippen molar-refractivity contribution in [2.75, 3.05) is 19.0 Å². The summed E-state index contributed by atoms with van der Waals surface area (Å²) in [6.45, 7) is 3.32. The number of aryl methyl sites for hydroxylation is 1. The minimum atomic E-state index is -0.696. The molecule has 2 heterocycles. The van der Waals surface area contributed by atoms with Gasteiger partial charge in [-0.1, -0.05) is 37.3 Å². The molecule has 2 N–H and O–H groups in total. The van der Waals surface area contributed by atoms with Gasteiger partial charge in [0.05, 0.1) is 12.7 Å². The van der Waals surface area contributed by atoms with Crippen LogP contribution in [-0.4, -0.2) is 42.4 Å². The van der Waals surface area contributed by atoms with Gasteiger partial charge in [-0.15, -0.1) is 0 Å². The smallest absolute Gasteiger partial charge is 0.338 e. The van der Waals surface area contributed by atoms with Crippen molar-refractivity contribution in [3.05, 3.63) is 82.7 Å². The number of imide groups is 1. The zero-order valence-electron chi connectivity index (χ0n) is 20.1. The SMILES string of the molecule is CCc1ccccc1NC(=O)CN1C(=O)N/C(=C/c2ccc(-c3cccc(C(=O)OC)c3C)o2)C1=O. The molecule has 1 aliphatic rings. The van der Waals surface area contributed by atoms with Crippen molar-refractivity contribution in [3.63, 3.8) is 0 Å². The van der Waals surface area contributed by atoms with Crippen LogP contribution in [0.5, 0.6) is 0 Å². The molecule has 1 fully saturated rings. The molecule has 0 atom stereocenters. The Morgan fingerprint density at radius 1 is 1.08 bits per heavy atom. The van der Waals surface area contributed by atoms with E-state index in [1.54, 1.807) is 49.4 Å². The summed E-state index contributed by atoms with van der Waals surface area (Å²) in [6.07, 6.45) is 2.12. The molecule has 184 valence electrons. The van der Waals surface area contributed by atoms with Crippen LogP contribution in [0.4, 0.5) is 10.5 Å². The molecule has 0 bridgehead atoms. The van der Waals surface area contributed by atoms with Crippen molar-refractivity contribution in [1.82, 2.24) is 10.2 Å². The number of rotatable bonds is 7. The van der Waals surface area contributed by atoms with E-state index >= 15 is 0 Å². The van der Waals surface area contributed by atoms with Crippen molar-refractivity contribution in [3.8, 4) is 11.3 Å². The number of ether oxygens (including phenoxy) is 1. The Labute approximate surface area is 207 Å². The van der Waals surface area contributed by atoms with Gasteiger partial charge in [0.25, 0.3) is 5.91 Å². The minimum absolute atomic E-state index is 0.0114. The molecule has 1 saturated heterocycles. The first kappa shape index (κ1) is 24.5. The summed E-state index contributed by atoms with van der Waals surface area (Å²) < 4.78 is 10.7. The van der Waals surface area contributed by atoms with Gasteiger partial charge >= 0.3 is 12.0 Å². The second kappa shape index (κ2) is 10.3. The molecule has 2 aromatic carbocycles. The lowest BCUT2D eigenvalue weighted by Crippen LogP contribution is -2.38. The van der Waals surface area contributed by atoms with Crippen LogP contribution in [0.1, 0.15) is 34.2 Å². The number of nitrogens with one attached hydrogen (secondary N) is 2. The Morgan fingerprint density at radius 3 is 2.61 bits per heavy atom. The maximum absolute atomic E-state index is 12.8. The fourth-order valence-corrected chi connectivity index (χ4v) is 3.95. The third-order valence-electron chi connectivity index (χ3n) is 5.85. The number of amides is 4. The van der Waals surface area contributed by atoms with Crippen LogP contribution in [0.3, 0.4) is 0 Å². The normalized spacial score (nSPS) is 14.2. The summed E-state index contributed by atoms with van der Waals surface area (Å²) in [5.74, 6) is -0.778. The highest BCUT2D eigenvalue weighted by molar-refractivity contribution is 6.15. The predicted octanol–water partition coefficient (Wildman–Crippen LogP) is 4.14. The van der Waals surface area contributed by atoms with Crippen LogP contribution in [0, 0.1) is 6.92 Å². The largest absolute Gasteiger partial charge is 0.465 e. The molecule has 3 aromatic rings. The average Bonchev–Trinajstić information content (AvgIpc) is 3.44. The van der Waals surface area contributed by atoms with E-state index in [4.69, 9.17) is 9.15 Å². The number of hydrogen-bond acceptors (Lipinski definition) is 6. The Bertz CT molecular complexity index is 1390. The standard InChI is InChI=1S/C27H25N3O6/c1-4-17-8-5-6-11-21(17)28-24(31)15-30-25(32)22(29-27(30)34)14-18-12-13-23(36-18)19-9-7-10-20(16(19)2)26(33)35-3/h5-14H,4,15H2,1-3H3,(H,28,31)(H,29,34)/b22-14+. The highest BCUT2D eigenvalue weighted by Gasteiger charge is 2.35. The van der Waals surface area contributed by atoms with E-state index in [1.165, 1.54) is 13.2 Å². The Kier molecular flexibility index (Phi) is 7.00. The number of urea groups is 1. The Morgan fingerprint density at radius 2 is 1.86 bits per heavy atom. The summed E-state index contributed by atoms with van der Waals surface area (Å²) >= 11 is 0. The van der Waals surface area contributed by atoms with Crippen molar-refractivity contribution >= 4 is 35.6 Å². The molecule has 36 heavy (non-hydrogen) atoms. The first-order valence-electron chi connectivity index (χ1n) is 11.3. The third kappa shape index (κ3) is 4.90. The second-order valence-corrected chi connectivity index (χ2v) is 8.11. The number of para-hydroxylation sites is 1. The molecule has 0 spiro atoms. The predicted molar refractivity (Wildman–Crippen MR) is 133 cm³/mol. The highest BCUT2D eigenvalue weighted by Crippen LogP contribution is 2.29. The zero-order valence-corrected chi connectivity index (χ0v) is 20.1. The highest BCUT2D eigenvalue weighted by atomic mass is 16.5. The minimum Gasteiger partial charge on any atom is -0.465 e. The fraction of sp³-hybridized carbons (Fsp3) is 0.185. The number of carbonyl (C=O) groups is 4. The van der Waals surface area contributed by atoms with Gasteiger partial charge in [-0.05, 0) is 48.7 Å². The van der Waals surface area contributed by atoms with E-state index < -0.39 is 30.4 Å². The van der Waals surface area contributed by atoms with Crippen LogP contribution in [0.2, 0.25) is 0 Å². The Balaban J connectivity index is 1.49. The van der Waals surface area contributed by atoms with Crippen molar-refractivity contribution in [2.45, 2.75) is 20.3 Å². The number of nitrogens with zero attached hydrogens (tertiary/aromatic N) is 1. The molecular weight excluding hydrogens is 462 g/mol. The molecule has 1 aromatic heterocycles. The fourth-order valence-electron chi connectivity index (χ4n) is 3.95. The van der Waals surface area contributed by atoms with E-state index in [2.05, 4.69) is 10.6 Å². The molecule has 9 nitrogen and oxygen atoms in total. The number of benzene rings is 2. The summed E-state index contributed by atoms with van der Waals surface area (Å²) in [7, 11) is 1.32. The number of anilines is 1. The molecule has 0 unspecified atom stereocenters. The van der Waals surface area contributed by atoms with Gasteiger partial charge in [-0.3, -0.25) is 9.59 Å². The Hall–Kier alpha value is -4.66. The maximum Gasteiger partial charge on any atom is 0.338 e. The molecule has 0 aliphatic carbocycles. The lowest BCUT2D eigenvalue weighted by molar-refractivity contribution is -0.127. The lowest BCUT2D eigenvalue weighted by Gasteiger charge is -2.13. The summed E-state index contributed by atoms with van der Waals surface area (Å²) in [5, 5.41) is 5.24. The first-order valence-corrected chi connectivity index (χ1v) is 11.3. The number of carbonyl (C=O) groups excluding carboxylic acids is 4. The van der Waals surface area contributed by atoms with E-state index in [1.807, 2.05) is 19.1 Å². The molecular formula is C27H25N3O6. The van der Waals surface area contributed by atoms with Gasteiger partial charge in [-0.25, -0.2) is 14.5 Å². The van der Waals surface area contributed by atoms with Crippen LogP contribution in [0.15, 0.2) is 64.7 Å². The molecule has 9 heteroatoms. The van der Waals surface area contributed by atoms with Crippen molar-refractivity contribution in [2.24, 2.45) is 0 Å². The van der Waals surface area contributed by atoms with Gasteiger partial charge < -0.3 is 19.8 Å². The monoisotopic (exact) mass is 487 g/mol. The van der Waals surface area contributed by atoms with E-state index in [0.717, 1.165) is 16.9 Å². The van der Waals surface area contributed by atoms with E-state index in [9.17, 15) is 19.2 Å². The number of hydrogen-bond donors (Lipinski definition) is 2. The molecule has 1 aliphatic heterocycles. The number of esters is 1. The number of furan rings is 1. The van der Waals surface area contributed by atoms with Gasteiger partial charge in [-0.2, -0.15) is 0 Å². The van der Waals surface area contributed by atoms with Gasteiger partial charge in [0.15, 0.2) is 0 Å². The number of methoxy groups -OCH3 is 1. The van der Waals surface area contributed by atoms with Crippen molar-refractivity contribution < 1.29 is 28.3 Å². The first-order chi connectivity index (χ1) is 17.3. The van der Waals surface area contributed by atoms with E-state index in [-0.39, 0.29) is 5.70 Å². The second-order valence-electron chi connectivity index (χ2n) is 8.11. The van der Waals surface area contributed by atoms with Crippen molar-refractivity contribution in [1.29, 1.82) is 0 Å². The van der Waals surface area contributed by atoms with Crippen LogP contribution < -0.4 is 10.6 Å².